The van der Waals surface area contributed by atoms with E-state index in [1.165, 1.54) is 6.08 Å². The molecule has 0 saturated heterocycles. The molecule has 0 aliphatic heterocycles. The second-order valence-corrected chi connectivity index (χ2v) is 8.96. The van der Waals surface area contributed by atoms with Crippen molar-refractivity contribution in [2.45, 2.75) is 31.7 Å². The summed E-state index contributed by atoms with van der Waals surface area (Å²) in [5, 5.41) is 7.34. The van der Waals surface area contributed by atoms with Crippen molar-refractivity contribution in [1.29, 1.82) is 0 Å². The summed E-state index contributed by atoms with van der Waals surface area (Å²) in [6, 6.07) is 17.8. The Bertz CT molecular complexity index is 1170. The number of carbonyl (C=O) groups is 2. The molecule has 1 saturated carbocycles. The molecule has 0 unspecified atom stereocenters. The van der Waals surface area contributed by atoms with Crippen molar-refractivity contribution >= 4 is 40.4 Å². The molecule has 0 spiro atoms. The number of anilines is 2. The Kier molecular flexibility index (Phi) is 7.52. The molecule has 1 amide bonds. The van der Waals surface area contributed by atoms with Crippen molar-refractivity contribution in [1.82, 2.24) is 15.3 Å². The standard InChI is InChI=1S/C27H31N5O2/c1-32(2)25-22-10-6-7-11-23(22)30-27(31-25)29-21-15-12-20(13-16-21)18-28-26(34)24(33)17-14-19-8-4-3-5-9-19/h3-11,14,17,20-21H,12-13,15-16,18H2,1-2H3,(H,28,34)(H,29,30,31). The molecule has 176 valence electrons. The van der Waals surface area contributed by atoms with Crippen molar-refractivity contribution in [3.63, 3.8) is 0 Å². The third-order valence-corrected chi connectivity index (χ3v) is 6.19. The molecule has 0 atom stereocenters. The van der Waals surface area contributed by atoms with Crippen LogP contribution in [-0.2, 0) is 9.59 Å². The van der Waals surface area contributed by atoms with Gasteiger partial charge in [0, 0.05) is 32.1 Å². The summed E-state index contributed by atoms with van der Waals surface area (Å²) < 4.78 is 0. The number of nitrogens with zero attached hydrogens (tertiary/aromatic N) is 3. The number of benzene rings is 2. The fraction of sp³-hybridized carbons (Fsp3) is 0.333. The minimum atomic E-state index is -0.548. The van der Waals surface area contributed by atoms with Gasteiger partial charge in [0.15, 0.2) is 0 Å². The Morgan fingerprint density at radius 1 is 0.971 bits per heavy atom. The van der Waals surface area contributed by atoms with Crippen LogP contribution < -0.4 is 15.5 Å². The third kappa shape index (κ3) is 5.98. The number of nitrogens with one attached hydrogen (secondary N) is 2. The van der Waals surface area contributed by atoms with Crippen LogP contribution in [0.3, 0.4) is 0 Å². The smallest absolute Gasteiger partial charge is 0.291 e. The first-order chi connectivity index (χ1) is 16.5. The predicted octanol–water partition coefficient (Wildman–Crippen LogP) is 4.07. The molecular weight excluding hydrogens is 426 g/mol. The van der Waals surface area contributed by atoms with Crippen LogP contribution in [-0.4, -0.2) is 48.3 Å². The van der Waals surface area contributed by atoms with Crippen LogP contribution in [0.1, 0.15) is 31.2 Å². The lowest BCUT2D eigenvalue weighted by Gasteiger charge is -2.29. The topological polar surface area (TPSA) is 87.2 Å². The molecule has 1 aliphatic rings. The van der Waals surface area contributed by atoms with Gasteiger partial charge in [0.1, 0.15) is 5.82 Å². The van der Waals surface area contributed by atoms with Crippen molar-refractivity contribution in [2.75, 3.05) is 30.9 Å². The number of aromatic nitrogens is 2. The molecular formula is C27H31N5O2. The SMILES string of the molecule is CN(C)c1nc(NC2CCC(CNC(=O)C(=O)C=Cc3ccccc3)CC2)nc2ccccc12. The first-order valence-corrected chi connectivity index (χ1v) is 11.8. The summed E-state index contributed by atoms with van der Waals surface area (Å²) in [7, 11) is 3.97. The summed E-state index contributed by atoms with van der Waals surface area (Å²) in [5.74, 6) is 0.839. The molecule has 1 heterocycles. The van der Waals surface area contributed by atoms with Crippen LogP contribution in [0.25, 0.3) is 17.0 Å². The van der Waals surface area contributed by atoms with Gasteiger partial charge in [-0.2, -0.15) is 4.98 Å². The van der Waals surface area contributed by atoms with Crippen LogP contribution in [0, 0.1) is 5.92 Å². The largest absolute Gasteiger partial charge is 0.362 e. The van der Waals surface area contributed by atoms with Gasteiger partial charge < -0.3 is 15.5 Å². The number of amides is 1. The predicted molar refractivity (Wildman–Crippen MR) is 137 cm³/mol. The third-order valence-electron chi connectivity index (χ3n) is 6.19. The molecule has 2 N–H and O–H groups in total. The fourth-order valence-corrected chi connectivity index (χ4v) is 4.29. The van der Waals surface area contributed by atoms with Gasteiger partial charge in [-0.15, -0.1) is 0 Å². The molecule has 1 aliphatic carbocycles. The maximum atomic E-state index is 12.2. The molecule has 34 heavy (non-hydrogen) atoms. The zero-order valence-electron chi connectivity index (χ0n) is 19.7. The monoisotopic (exact) mass is 457 g/mol. The Labute approximate surface area is 200 Å². The van der Waals surface area contributed by atoms with E-state index in [2.05, 4.69) is 10.6 Å². The summed E-state index contributed by atoms with van der Waals surface area (Å²) in [6.45, 7) is 0.522. The maximum Gasteiger partial charge on any atom is 0.291 e. The van der Waals surface area contributed by atoms with E-state index < -0.39 is 11.7 Å². The highest BCUT2D eigenvalue weighted by Gasteiger charge is 2.23. The van der Waals surface area contributed by atoms with E-state index in [4.69, 9.17) is 9.97 Å². The van der Waals surface area contributed by atoms with E-state index in [0.29, 0.717) is 24.5 Å². The highest BCUT2D eigenvalue weighted by Crippen LogP contribution is 2.28. The van der Waals surface area contributed by atoms with Crippen molar-refractivity contribution < 1.29 is 9.59 Å². The minimum absolute atomic E-state index is 0.290. The van der Waals surface area contributed by atoms with Crippen molar-refractivity contribution in [3.8, 4) is 0 Å². The van der Waals surface area contributed by atoms with Gasteiger partial charge >= 0.3 is 0 Å². The number of hydrogen-bond donors (Lipinski definition) is 2. The maximum absolute atomic E-state index is 12.2. The van der Waals surface area contributed by atoms with E-state index in [9.17, 15) is 9.59 Å². The molecule has 2 aromatic carbocycles. The van der Waals surface area contributed by atoms with E-state index in [1.807, 2.05) is 73.6 Å². The zero-order chi connectivity index (χ0) is 23.9. The molecule has 3 aromatic rings. The summed E-state index contributed by atoms with van der Waals surface area (Å²) >= 11 is 0. The van der Waals surface area contributed by atoms with Gasteiger partial charge in [-0.3, -0.25) is 9.59 Å². The molecule has 4 rings (SSSR count). The van der Waals surface area contributed by atoms with E-state index in [0.717, 1.165) is 48.0 Å². The number of hydrogen-bond acceptors (Lipinski definition) is 6. The summed E-state index contributed by atoms with van der Waals surface area (Å²) in [5.41, 5.74) is 1.81. The number of para-hydroxylation sites is 1. The highest BCUT2D eigenvalue weighted by atomic mass is 16.2. The normalized spacial score (nSPS) is 18.1. The Morgan fingerprint density at radius 3 is 2.41 bits per heavy atom. The van der Waals surface area contributed by atoms with Crippen LogP contribution in [0.4, 0.5) is 11.8 Å². The Balaban J connectivity index is 1.26. The lowest BCUT2D eigenvalue weighted by atomic mass is 9.86. The number of rotatable bonds is 8. The molecule has 1 aromatic heterocycles. The quantitative estimate of drug-likeness (QED) is 0.392. The summed E-state index contributed by atoms with van der Waals surface area (Å²) in [4.78, 5) is 35.7. The number of fused-ring (bicyclic) bond motifs is 1. The first-order valence-electron chi connectivity index (χ1n) is 11.8. The van der Waals surface area contributed by atoms with Gasteiger partial charge in [-0.1, -0.05) is 48.5 Å². The molecule has 1 fully saturated rings. The number of carbonyl (C=O) groups excluding carboxylic acids is 2. The zero-order valence-corrected chi connectivity index (χ0v) is 19.7. The first kappa shape index (κ1) is 23.4. The number of ketones is 1. The fourth-order valence-electron chi connectivity index (χ4n) is 4.29. The molecule has 0 radical (unpaired) electrons. The van der Waals surface area contributed by atoms with Crippen LogP contribution in [0.2, 0.25) is 0 Å². The molecule has 7 nitrogen and oxygen atoms in total. The van der Waals surface area contributed by atoms with Crippen molar-refractivity contribution in [3.05, 3.63) is 66.2 Å². The van der Waals surface area contributed by atoms with E-state index in [-0.39, 0.29) is 0 Å². The molecule has 0 bridgehead atoms. The summed E-state index contributed by atoms with van der Waals surface area (Å²) in [6.07, 6.45) is 6.87. The van der Waals surface area contributed by atoms with E-state index in [1.54, 1.807) is 6.08 Å². The minimum Gasteiger partial charge on any atom is -0.362 e. The molecule has 7 heteroatoms. The van der Waals surface area contributed by atoms with Crippen LogP contribution in [0.15, 0.2) is 60.7 Å². The van der Waals surface area contributed by atoms with Gasteiger partial charge in [-0.25, -0.2) is 4.98 Å². The van der Waals surface area contributed by atoms with Crippen molar-refractivity contribution in [2.24, 2.45) is 5.92 Å². The highest BCUT2D eigenvalue weighted by molar-refractivity contribution is 6.41. The average molecular weight is 458 g/mol. The van der Waals surface area contributed by atoms with Gasteiger partial charge in [0.05, 0.1) is 5.52 Å². The van der Waals surface area contributed by atoms with Crippen LogP contribution in [0.5, 0.6) is 0 Å². The lowest BCUT2D eigenvalue weighted by molar-refractivity contribution is -0.135. The lowest BCUT2D eigenvalue weighted by Crippen LogP contribution is -2.36. The second-order valence-electron chi connectivity index (χ2n) is 8.96. The Hall–Kier alpha value is -3.74. The van der Waals surface area contributed by atoms with Gasteiger partial charge in [0.25, 0.3) is 5.91 Å². The van der Waals surface area contributed by atoms with Gasteiger partial charge in [0.2, 0.25) is 11.7 Å². The van der Waals surface area contributed by atoms with Gasteiger partial charge in [-0.05, 0) is 55.4 Å². The van der Waals surface area contributed by atoms with Crippen LogP contribution >= 0.6 is 0 Å². The second kappa shape index (κ2) is 10.9. The average Bonchev–Trinajstić information content (AvgIpc) is 2.86. The van der Waals surface area contributed by atoms with E-state index >= 15 is 0 Å². The Morgan fingerprint density at radius 2 is 1.68 bits per heavy atom.